The first-order valence-electron chi connectivity index (χ1n) is 9.00. The van der Waals surface area contributed by atoms with Crippen molar-refractivity contribution in [2.45, 2.75) is 45.6 Å². The molecule has 1 amide bonds. The van der Waals surface area contributed by atoms with Crippen LogP contribution in [0.5, 0.6) is 0 Å². The molecule has 3 atom stereocenters. The highest BCUT2D eigenvalue weighted by Crippen LogP contribution is 2.40. The fourth-order valence-electron chi connectivity index (χ4n) is 3.83. The zero-order valence-corrected chi connectivity index (χ0v) is 15.6. The van der Waals surface area contributed by atoms with Crippen molar-refractivity contribution in [3.63, 3.8) is 0 Å². The predicted molar refractivity (Wildman–Crippen MR) is 95.7 cm³/mol. The van der Waals surface area contributed by atoms with Gasteiger partial charge in [-0.2, -0.15) is 0 Å². The summed E-state index contributed by atoms with van der Waals surface area (Å²) in [5, 5.41) is 2.68. The van der Waals surface area contributed by atoms with E-state index in [1.165, 1.54) is 18.3 Å². The third kappa shape index (κ3) is 4.38. The second-order valence-electron chi connectivity index (χ2n) is 7.10. The van der Waals surface area contributed by atoms with Crippen molar-refractivity contribution in [1.29, 1.82) is 0 Å². The number of ether oxygens (including phenoxy) is 1. The topological polar surface area (TPSA) is 89.5 Å². The molecule has 2 aliphatic rings. The fourth-order valence-corrected chi connectivity index (χ4v) is 4.70. The number of rotatable bonds is 6. The number of carbonyl (C=O) groups is 4. The van der Waals surface area contributed by atoms with Gasteiger partial charge in [-0.3, -0.25) is 19.2 Å². The molecular weight excluding hydrogens is 354 g/mol. The summed E-state index contributed by atoms with van der Waals surface area (Å²) < 4.78 is 5.24. The van der Waals surface area contributed by atoms with Gasteiger partial charge in [0.1, 0.15) is 5.78 Å². The first kappa shape index (κ1) is 18.8. The van der Waals surface area contributed by atoms with Crippen LogP contribution < -0.4 is 5.32 Å². The Hall–Kier alpha value is -2.02. The summed E-state index contributed by atoms with van der Waals surface area (Å²) >= 11 is 1.28. The number of thiophene rings is 1. The van der Waals surface area contributed by atoms with Crippen molar-refractivity contribution in [2.75, 3.05) is 6.61 Å². The van der Waals surface area contributed by atoms with E-state index in [2.05, 4.69) is 5.32 Å². The van der Waals surface area contributed by atoms with E-state index in [0.717, 1.165) is 24.1 Å². The molecule has 1 aromatic heterocycles. The number of Topliss-reactive ketones (excluding diaryl/α,β-unsaturated/α-hetero) is 2. The lowest BCUT2D eigenvalue weighted by Crippen LogP contribution is -2.39. The SMILES string of the molecule is CC(=O)NCc1ccc(C(=O)COC(=O)C2C[C@H]3CCC[C@@H](C2)C3=O)s1. The molecular formula is C19H23NO5S. The number of hydrogen-bond acceptors (Lipinski definition) is 6. The molecule has 2 saturated carbocycles. The molecule has 26 heavy (non-hydrogen) atoms. The molecule has 1 N–H and O–H groups in total. The first-order chi connectivity index (χ1) is 12.4. The number of carbonyl (C=O) groups excluding carboxylic acids is 4. The van der Waals surface area contributed by atoms with E-state index in [-0.39, 0.29) is 42.0 Å². The molecule has 2 bridgehead atoms. The molecule has 0 radical (unpaired) electrons. The Bertz CT molecular complexity index is 709. The molecule has 1 aromatic rings. The largest absolute Gasteiger partial charge is 0.457 e. The zero-order valence-electron chi connectivity index (χ0n) is 14.8. The molecule has 7 heteroatoms. The fraction of sp³-hybridized carbons (Fsp3) is 0.579. The van der Waals surface area contributed by atoms with Gasteiger partial charge >= 0.3 is 5.97 Å². The number of fused-ring (bicyclic) bond motifs is 2. The molecule has 140 valence electrons. The minimum atomic E-state index is -0.363. The van der Waals surface area contributed by atoms with E-state index in [1.807, 2.05) is 0 Å². The van der Waals surface area contributed by atoms with Crippen LogP contribution in [-0.2, 0) is 25.7 Å². The lowest BCUT2D eigenvalue weighted by Gasteiger charge is -2.36. The number of esters is 1. The van der Waals surface area contributed by atoms with Gasteiger partial charge in [-0.05, 0) is 37.8 Å². The van der Waals surface area contributed by atoms with Crippen molar-refractivity contribution < 1.29 is 23.9 Å². The van der Waals surface area contributed by atoms with E-state index >= 15 is 0 Å². The molecule has 2 fully saturated rings. The van der Waals surface area contributed by atoms with Gasteiger partial charge in [0.2, 0.25) is 11.7 Å². The molecule has 0 aliphatic heterocycles. The van der Waals surface area contributed by atoms with Crippen LogP contribution in [0.1, 0.15) is 53.6 Å². The molecule has 0 saturated heterocycles. The standard InChI is InChI=1S/C19H23NO5S/c1-11(21)20-9-15-5-6-17(26-15)16(22)10-25-19(24)14-7-12-3-2-4-13(8-14)18(12)23/h5-6,12-14H,2-4,7-10H2,1H3,(H,20,21)/t12-,13+,14?. The minimum absolute atomic E-state index is 0.00983. The van der Waals surface area contributed by atoms with E-state index in [1.54, 1.807) is 12.1 Å². The van der Waals surface area contributed by atoms with Crippen LogP contribution in [0.15, 0.2) is 12.1 Å². The zero-order chi connectivity index (χ0) is 18.7. The Labute approximate surface area is 156 Å². The number of ketones is 2. The summed E-state index contributed by atoms with van der Waals surface area (Å²) in [6.45, 7) is 1.54. The smallest absolute Gasteiger partial charge is 0.309 e. The lowest BCUT2D eigenvalue weighted by atomic mass is 9.67. The van der Waals surface area contributed by atoms with Gasteiger partial charge in [-0.1, -0.05) is 6.42 Å². The van der Waals surface area contributed by atoms with Crippen molar-refractivity contribution in [1.82, 2.24) is 5.32 Å². The van der Waals surface area contributed by atoms with Crippen molar-refractivity contribution >= 4 is 34.8 Å². The first-order valence-corrected chi connectivity index (χ1v) is 9.82. The average molecular weight is 377 g/mol. The molecule has 1 heterocycles. The molecule has 0 spiro atoms. The van der Waals surface area contributed by atoms with Crippen LogP contribution in [0.4, 0.5) is 0 Å². The van der Waals surface area contributed by atoms with Gasteiger partial charge in [-0.15, -0.1) is 11.3 Å². The van der Waals surface area contributed by atoms with E-state index in [4.69, 9.17) is 4.74 Å². The van der Waals surface area contributed by atoms with Crippen molar-refractivity contribution in [3.8, 4) is 0 Å². The van der Waals surface area contributed by atoms with Crippen LogP contribution in [0.3, 0.4) is 0 Å². The maximum atomic E-state index is 12.3. The van der Waals surface area contributed by atoms with Gasteiger partial charge in [-0.25, -0.2) is 0 Å². The van der Waals surface area contributed by atoms with E-state index in [9.17, 15) is 19.2 Å². The van der Waals surface area contributed by atoms with Gasteiger partial charge in [0, 0.05) is 23.6 Å². The predicted octanol–water partition coefficient (Wildman–Crippen LogP) is 2.51. The van der Waals surface area contributed by atoms with Crippen LogP contribution in [-0.4, -0.2) is 30.0 Å². The Morgan fingerprint density at radius 3 is 2.54 bits per heavy atom. The van der Waals surface area contributed by atoms with Gasteiger partial charge in [0.25, 0.3) is 0 Å². The molecule has 1 unspecified atom stereocenters. The Balaban J connectivity index is 1.49. The molecule has 6 nitrogen and oxygen atoms in total. The van der Waals surface area contributed by atoms with Crippen LogP contribution in [0, 0.1) is 17.8 Å². The Morgan fingerprint density at radius 2 is 1.88 bits per heavy atom. The van der Waals surface area contributed by atoms with Crippen molar-refractivity contribution in [3.05, 3.63) is 21.9 Å². The summed E-state index contributed by atoms with van der Waals surface area (Å²) in [5.41, 5.74) is 0. The number of hydrogen-bond donors (Lipinski definition) is 1. The third-order valence-electron chi connectivity index (χ3n) is 5.17. The molecule has 3 rings (SSSR count). The van der Waals surface area contributed by atoms with Gasteiger partial charge in [0.15, 0.2) is 6.61 Å². The highest BCUT2D eigenvalue weighted by molar-refractivity contribution is 7.14. The second-order valence-corrected chi connectivity index (χ2v) is 8.27. The van der Waals surface area contributed by atoms with Crippen LogP contribution in [0.2, 0.25) is 0 Å². The average Bonchev–Trinajstić information content (AvgIpc) is 3.06. The number of amides is 1. The normalized spacial score (nSPS) is 24.8. The molecule has 0 aromatic carbocycles. The maximum Gasteiger partial charge on any atom is 0.309 e. The molecule has 2 aliphatic carbocycles. The highest BCUT2D eigenvalue weighted by atomic mass is 32.1. The Kier molecular flexibility index (Phi) is 5.86. The minimum Gasteiger partial charge on any atom is -0.457 e. The van der Waals surface area contributed by atoms with Crippen molar-refractivity contribution in [2.24, 2.45) is 17.8 Å². The summed E-state index contributed by atoms with van der Waals surface area (Å²) in [7, 11) is 0. The van der Waals surface area contributed by atoms with Gasteiger partial charge < -0.3 is 10.1 Å². The van der Waals surface area contributed by atoms with Gasteiger partial charge in [0.05, 0.1) is 17.3 Å². The second kappa shape index (κ2) is 8.12. The summed E-state index contributed by atoms with van der Waals surface area (Å²) in [6, 6.07) is 3.46. The maximum absolute atomic E-state index is 12.3. The van der Waals surface area contributed by atoms with E-state index < -0.39 is 0 Å². The third-order valence-corrected chi connectivity index (χ3v) is 6.30. The summed E-state index contributed by atoms with van der Waals surface area (Å²) in [5.74, 6) is -0.719. The monoisotopic (exact) mass is 377 g/mol. The summed E-state index contributed by atoms with van der Waals surface area (Å²) in [6.07, 6.45) is 3.90. The lowest BCUT2D eigenvalue weighted by molar-refractivity contribution is -0.152. The highest BCUT2D eigenvalue weighted by Gasteiger charge is 2.41. The number of nitrogens with one attached hydrogen (secondary N) is 1. The van der Waals surface area contributed by atoms with Crippen LogP contribution in [0.25, 0.3) is 0 Å². The summed E-state index contributed by atoms with van der Waals surface area (Å²) in [4.78, 5) is 48.9. The van der Waals surface area contributed by atoms with Crippen LogP contribution >= 0.6 is 11.3 Å². The Morgan fingerprint density at radius 1 is 1.19 bits per heavy atom. The van der Waals surface area contributed by atoms with E-state index in [0.29, 0.717) is 30.0 Å². The quantitative estimate of drug-likeness (QED) is 0.608.